The summed E-state index contributed by atoms with van der Waals surface area (Å²) >= 11 is 6.04. The third-order valence-corrected chi connectivity index (χ3v) is 2.84. The van der Waals surface area contributed by atoms with Gasteiger partial charge in [0.2, 0.25) is 0 Å². The molecule has 0 saturated heterocycles. The summed E-state index contributed by atoms with van der Waals surface area (Å²) in [6, 6.07) is 1.74. The summed E-state index contributed by atoms with van der Waals surface area (Å²) < 4.78 is 4.67. The second kappa shape index (κ2) is 4.06. The van der Waals surface area contributed by atoms with Crippen molar-refractivity contribution in [2.75, 3.05) is 13.7 Å². The first-order valence-corrected chi connectivity index (χ1v) is 5.05. The van der Waals surface area contributed by atoms with Crippen molar-refractivity contribution in [3.63, 3.8) is 0 Å². The van der Waals surface area contributed by atoms with Crippen LogP contribution in [0.4, 0.5) is 4.79 Å². The molecule has 5 heteroatoms. The van der Waals surface area contributed by atoms with Gasteiger partial charge in [0.05, 0.1) is 13.7 Å². The minimum Gasteiger partial charge on any atom is -0.453 e. The summed E-state index contributed by atoms with van der Waals surface area (Å²) in [4.78, 5) is 17.2. The van der Waals surface area contributed by atoms with Gasteiger partial charge in [-0.1, -0.05) is 11.6 Å². The monoisotopic (exact) mass is 226 g/mol. The molecule has 0 fully saturated rings. The Hall–Kier alpha value is -1.29. The highest BCUT2D eigenvalue weighted by Crippen LogP contribution is 2.24. The molecule has 0 unspecified atom stereocenters. The van der Waals surface area contributed by atoms with Crippen LogP contribution in [0.15, 0.2) is 12.3 Å². The molecule has 0 aliphatic carbocycles. The van der Waals surface area contributed by atoms with Crippen molar-refractivity contribution < 1.29 is 9.53 Å². The Morgan fingerprint density at radius 3 is 3.20 bits per heavy atom. The van der Waals surface area contributed by atoms with Crippen LogP contribution in [0.5, 0.6) is 0 Å². The number of fused-ring (bicyclic) bond motifs is 1. The van der Waals surface area contributed by atoms with Crippen LogP contribution in [0.1, 0.15) is 11.3 Å². The molecule has 80 valence electrons. The van der Waals surface area contributed by atoms with Crippen molar-refractivity contribution in [1.29, 1.82) is 0 Å². The normalized spacial score (nSPS) is 14.7. The molecule has 0 saturated carbocycles. The quantitative estimate of drug-likeness (QED) is 0.678. The zero-order valence-corrected chi connectivity index (χ0v) is 9.12. The topological polar surface area (TPSA) is 42.4 Å². The number of hydrogen-bond acceptors (Lipinski definition) is 3. The van der Waals surface area contributed by atoms with Crippen molar-refractivity contribution in [2.24, 2.45) is 0 Å². The van der Waals surface area contributed by atoms with E-state index in [4.69, 9.17) is 11.6 Å². The average Bonchev–Trinajstić information content (AvgIpc) is 2.28. The average molecular weight is 227 g/mol. The molecular weight excluding hydrogens is 216 g/mol. The molecule has 0 spiro atoms. The summed E-state index contributed by atoms with van der Waals surface area (Å²) in [5.41, 5.74) is 1.90. The lowest BCUT2D eigenvalue weighted by Gasteiger charge is -2.27. The van der Waals surface area contributed by atoms with E-state index in [-0.39, 0.29) is 6.09 Å². The number of amides is 1. The van der Waals surface area contributed by atoms with Gasteiger partial charge in [0.25, 0.3) is 0 Å². The van der Waals surface area contributed by atoms with Crippen LogP contribution in [0, 0.1) is 0 Å². The number of carbonyl (C=O) groups is 1. The van der Waals surface area contributed by atoms with E-state index in [1.54, 1.807) is 17.2 Å². The zero-order valence-electron chi connectivity index (χ0n) is 8.36. The van der Waals surface area contributed by atoms with E-state index in [2.05, 4.69) is 9.72 Å². The molecule has 1 aromatic heterocycles. The van der Waals surface area contributed by atoms with Gasteiger partial charge in [-0.2, -0.15) is 0 Å². The molecule has 2 rings (SSSR count). The minimum atomic E-state index is -0.319. The van der Waals surface area contributed by atoms with Crippen LogP contribution in [0.3, 0.4) is 0 Å². The predicted molar refractivity (Wildman–Crippen MR) is 55.8 cm³/mol. The minimum absolute atomic E-state index is 0.319. The van der Waals surface area contributed by atoms with E-state index in [1.807, 2.05) is 0 Å². The van der Waals surface area contributed by atoms with E-state index in [1.165, 1.54) is 7.11 Å². The number of aromatic nitrogens is 1. The van der Waals surface area contributed by atoms with Crippen molar-refractivity contribution in [2.45, 2.75) is 13.0 Å². The Balaban J connectivity index is 2.26. The highest BCUT2D eigenvalue weighted by molar-refractivity contribution is 6.31. The molecule has 15 heavy (non-hydrogen) atoms. The second-order valence-electron chi connectivity index (χ2n) is 3.36. The standard InChI is InChI=1S/C10H11ClN2O2/c1-15-10(14)13-5-3-9-7(6-13)8(11)2-4-12-9/h2,4H,3,5-6H2,1H3. The van der Waals surface area contributed by atoms with Gasteiger partial charge < -0.3 is 9.64 Å². The molecule has 4 nitrogen and oxygen atoms in total. The first-order valence-electron chi connectivity index (χ1n) is 4.67. The maximum Gasteiger partial charge on any atom is 0.409 e. The van der Waals surface area contributed by atoms with Gasteiger partial charge in [-0.15, -0.1) is 0 Å². The van der Waals surface area contributed by atoms with Gasteiger partial charge in [-0.3, -0.25) is 4.98 Å². The van der Waals surface area contributed by atoms with Gasteiger partial charge in [0.15, 0.2) is 0 Å². The van der Waals surface area contributed by atoms with Crippen LogP contribution >= 0.6 is 11.6 Å². The summed E-state index contributed by atoms with van der Waals surface area (Å²) in [6.45, 7) is 1.11. The van der Waals surface area contributed by atoms with Gasteiger partial charge in [0.1, 0.15) is 0 Å². The van der Waals surface area contributed by atoms with Gasteiger partial charge in [-0.25, -0.2) is 4.79 Å². The van der Waals surface area contributed by atoms with Crippen LogP contribution < -0.4 is 0 Å². The fourth-order valence-corrected chi connectivity index (χ4v) is 1.91. The molecule has 0 atom stereocenters. The van der Waals surface area contributed by atoms with Crippen LogP contribution in [-0.2, 0) is 17.7 Å². The molecule has 1 amide bonds. The molecule has 2 heterocycles. The number of pyridine rings is 1. The summed E-state index contributed by atoms with van der Waals surface area (Å²) in [6.07, 6.45) is 2.10. The first-order chi connectivity index (χ1) is 7.22. The Bertz CT molecular complexity index is 395. The number of nitrogens with zero attached hydrogens (tertiary/aromatic N) is 2. The SMILES string of the molecule is COC(=O)N1CCc2nccc(Cl)c2C1. The van der Waals surface area contributed by atoms with E-state index >= 15 is 0 Å². The lowest BCUT2D eigenvalue weighted by Crippen LogP contribution is -2.36. The highest BCUT2D eigenvalue weighted by atomic mass is 35.5. The largest absolute Gasteiger partial charge is 0.453 e. The summed E-state index contributed by atoms with van der Waals surface area (Å²) in [5, 5.41) is 0.661. The summed E-state index contributed by atoms with van der Waals surface area (Å²) in [5.74, 6) is 0. The Kier molecular flexibility index (Phi) is 2.77. The Labute approximate surface area is 92.8 Å². The third kappa shape index (κ3) is 1.90. The van der Waals surface area contributed by atoms with Gasteiger partial charge in [0, 0.05) is 35.4 Å². The van der Waals surface area contributed by atoms with Crippen LogP contribution in [0.2, 0.25) is 5.02 Å². The van der Waals surface area contributed by atoms with E-state index in [0.717, 1.165) is 17.7 Å². The number of halogens is 1. The maximum atomic E-state index is 11.3. The lowest BCUT2D eigenvalue weighted by atomic mass is 10.1. The fourth-order valence-electron chi connectivity index (χ4n) is 1.69. The number of hydrogen-bond donors (Lipinski definition) is 0. The van der Waals surface area contributed by atoms with Gasteiger partial charge >= 0.3 is 6.09 Å². The first kappa shape index (κ1) is 10.2. The van der Waals surface area contributed by atoms with Gasteiger partial charge in [-0.05, 0) is 6.07 Å². The predicted octanol–water partition coefficient (Wildman–Crippen LogP) is 1.86. The van der Waals surface area contributed by atoms with E-state index in [0.29, 0.717) is 18.1 Å². The smallest absolute Gasteiger partial charge is 0.409 e. The molecule has 0 radical (unpaired) electrons. The molecule has 1 aliphatic heterocycles. The molecular formula is C10H11ClN2O2. The fraction of sp³-hybridized carbons (Fsp3) is 0.400. The molecule has 0 aromatic carbocycles. The van der Waals surface area contributed by atoms with Crippen LogP contribution in [-0.4, -0.2) is 29.6 Å². The number of rotatable bonds is 0. The molecule has 0 bridgehead atoms. The number of ether oxygens (including phenoxy) is 1. The van der Waals surface area contributed by atoms with Crippen LogP contribution in [0.25, 0.3) is 0 Å². The zero-order chi connectivity index (χ0) is 10.8. The molecule has 1 aliphatic rings. The maximum absolute atomic E-state index is 11.3. The van der Waals surface area contributed by atoms with Crippen molar-refractivity contribution in [3.8, 4) is 0 Å². The van der Waals surface area contributed by atoms with Crippen molar-refractivity contribution >= 4 is 17.7 Å². The third-order valence-electron chi connectivity index (χ3n) is 2.49. The number of methoxy groups -OCH3 is 1. The van der Waals surface area contributed by atoms with Crippen molar-refractivity contribution in [3.05, 3.63) is 28.5 Å². The van der Waals surface area contributed by atoms with E-state index < -0.39 is 0 Å². The molecule has 1 aromatic rings. The Morgan fingerprint density at radius 1 is 1.67 bits per heavy atom. The highest BCUT2D eigenvalue weighted by Gasteiger charge is 2.23. The van der Waals surface area contributed by atoms with E-state index in [9.17, 15) is 4.79 Å². The lowest BCUT2D eigenvalue weighted by molar-refractivity contribution is 0.118. The second-order valence-corrected chi connectivity index (χ2v) is 3.77. The Morgan fingerprint density at radius 2 is 2.47 bits per heavy atom. The van der Waals surface area contributed by atoms with Crippen molar-refractivity contribution in [1.82, 2.24) is 9.88 Å². The molecule has 0 N–H and O–H groups in total. The summed E-state index contributed by atoms with van der Waals surface area (Å²) in [7, 11) is 1.38. The number of carbonyl (C=O) groups excluding carboxylic acids is 1.